The van der Waals surface area contributed by atoms with Crippen molar-refractivity contribution in [3.05, 3.63) is 0 Å². The van der Waals surface area contributed by atoms with Crippen LogP contribution in [0.2, 0.25) is 6.04 Å². The zero-order valence-electron chi connectivity index (χ0n) is 5.57. The molecule has 34 valence electrons. The molecule has 0 saturated heterocycles. The molecular formula is C3H11KOSi. The molecule has 0 aliphatic rings. The minimum atomic E-state index is -0.586. The fraction of sp³-hybridized carbons (Fsp3) is 1.00. The number of hydrogen-bond acceptors (Lipinski definition) is 1. The van der Waals surface area contributed by atoms with Crippen LogP contribution in [0, 0.1) is 0 Å². The molecule has 0 radical (unpaired) electrons. The van der Waals surface area contributed by atoms with Crippen molar-refractivity contribution in [3.8, 4) is 0 Å². The first-order valence-electron chi connectivity index (χ1n) is 2.02. The minimum Gasteiger partial charge on any atom is -1.00 e. The van der Waals surface area contributed by atoms with Gasteiger partial charge >= 0.3 is 51.4 Å². The van der Waals surface area contributed by atoms with Gasteiger partial charge in [-0.05, 0) is 6.04 Å². The van der Waals surface area contributed by atoms with Gasteiger partial charge in [0.05, 0.1) is 0 Å². The predicted molar refractivity (Wildman–Crippen MR) is 27.0 cm³/mol. The van der Waals surface area contributed by atoms with Crippen molar-refractivity contribution in [1.29, 1.82) is 0 Å². The smallest absolute Gasteiger partial charge is 1.00 e. The molecule has 0 fully saturated rings. The van der Waals surface area contributed by atoms with Gasteiger partial charge in [0.15, 0.2) is 9.76 Å². The van der Waals surface area contributed by atoms with E-state index in [2.05, 4.69) is 6.92 Å². The van der Waals surface area contributed by atoms with Crippen LogP contribution < -0.4 is 51.4 Å². The van der Waals surface area contributed by atoms with Crippen molar-refractivity contribution in [1.82, 2.24) is 0 Å². The largest absolute Gasteiger partial charge is 1.00 e. The second kappa shape index (κ2) is 9.94. The molecule has 0 amide bonds. The predicted octanol–water partition coefficient (Wildman–Crippen LogP) is -2.99. The summed E-state index contributed by atoms with van der Waals surface area (Å²) < 4.78 is 0. The Morgan fingerprint density at radius 1 is 1.83 bits per heavy atom. The molecule has 0 aromatic heterocycles. The van der Waals surface area contributed by atoms with Crippen molar-refractivity contribution in [2.75, 3.05) is 0 Å². The van der Waals surface area contributed by atoms with Crippen LogP contribution in [0.4, 0.5) is 0 Å². The van der Waals surface area contributed by atoms with Gasteiger partial charge in [-0.2, -0.15) is 0 Å². The van der Waals surface area contributed by atoms with Gasteiger partial charge in [-0.1, -0.05) is 13.3 Å². The molecule has 0 aliphatic carbocycles. The molecule has 0 heterocycles. The molecule has 6 heavy (non-hydrogen) atoms. The molecule has 0 spiro atoms. The summed E-state index contributed by atoms with van der Waals surface area (Å²) in [6.45, 7) is 2.09. The van der Waals surface area contributed by atoms with Crippen LogP contribution in [0.25, 0.3) is 0 Å². The first kappa shape index (κ1) is 10.7. The third-order valence-electron chi connectivity index (χ3n) is 0.512. The van der Waals surface area contributed by atoms with E-state index in [1.807, 2.05) is 0 Å². The summed E-state index contributed by atoms with van der Waals surface area (Å²) in [5.41, 5.74) is 0. The Balaban J connectivity index is -0.0000000800. The van der Waals surface area contributed by atoms with Crippen LogP contribution in [-0.4, -0.2) is 14.6 Å². The minimum absolute atomic E-state index is 0. The normalized spacial score (nSPS) is 9.00. The van der Waals surface area contributed by atoms with Gasteiger partial charge in [-0.3, -0.25) is 0 Å². The average Bonchev–Trinajstić information content (AvgIpc) is 1.41. The van der Waals surface area contributed by atoms with E-state index in [1.54, 1.807) is 0 Å². The summed E-state index contributed by atoms with van der Waals surface area (Å²) in [7, 11) is -0.586. The number of hydrogen-bond donors (Lipinski definition) is 1. The molecule has 0 rings (SSSR count). The van der Waals surface area contributed by atoms with Crippen LogP contribution in [-0.2, 0) is 0 Å². The zero-order chi connectivity index (χ0) is 4.12. The van der Waals surface area contributed by atoms with Crippen molar-refractivity contribution in [2.45, 2.75) is 19.4 Å². The van der Waals surface area contributed by atoms with E-state index in [4.69, 9.17) is 4.80 Å². The van der Waals surface area contributed by atoms with E-state index in [9.17, 15) is 0 Å². The molecule has 0 aliphatic heterocycles. The molecular weight excluding hydrogens is 119 g/mol. The van der Waals surface area contributed by atoms with E-state index in [0.717, 1.165) is 12.5 Å². The SMILES string of the molecule is CCC[SiH2]O.[H-].[K+]. The van der Waals surface area contributed by atoms with Crippen LogP contribution in [0.5, 0.6) is 0 Å². The summed E-state index contributed by atoms with van der Waals surface area (Å²) in [5.74, 6) is 0. The van der Waals surface area contributed by atoms with E-state index >= 15 is 0 Å². The summed E-state index contributed by atoms with van der Waals surface area (Å²) in [6.07, 6.45) is 1.16. The van der Waals surface area contributed by atoms with E-state index in [-0.39, 0.29) is 52.8 Å². The monoisotopic (exact) mass is 130 g/mol. The van der Waals surface area contributed by atoms with E-state index in [0.29, 0.717) is 0 Å². The third kappa shape index (κ3) is 9.26. The van der Waals surface area contributed by atoms with Crippen molar-refractivity contribution < 1.29 is 57.6 Å². The summed E-state index contributed by atoms with van der Waals surface area (Å²) >= 11 is 0. The van der Waals surface area contributed by atoms with Gasteiger partial charge in [0, 0.05) is 0 Å². The van der Waals surface area contributed by atoms with E-state index < -0.39 is 9.76 Å². The van der Waals surface area contributed by atoms with Crippen molar-refractivity contribution in [2.24, 2.45) is 0 Å². The summed E-state index contributed by atoms with van der Waals surface area (Å²) in [6, 6.07) is 1.08. The molecule has 0 saturated carbocycles. The van der Waals surface area contributed by atoms with Gasteiger partial charge in [0.2, 0.25) is 0 Å². The molecule has 0 atom stereocenters. The topological polar surface area (TPSA) is 20.2 Å². The van der Waals surface area contributed by atoms with Crippen LogP contribution in [0.3, 0.4) is 0 Å². The Morgan fingerprint density at radius 3 is 2.33 bits per heavy atom. The Hall–Kier alpha value is 1.81. The first-order chi connectivity index (χ1) is 2.41. The Morgan fingerprint density at radius 2 is 2.33 bits per heavy atom. The molecule has 0 unspecified atom stereocenters. The second-order valence-electron chi connectivity index (χ2n) is 1.08. The maximum absolute atomic E-state index is 8.21. The average molecular weight is 130 g/mol. The maximum Gasteiger partial charge on any atom is 1.00 e. The molecule has 1 nitrogen and oxygen atoms in total. The van der Waals surface area contributed by atoms with Gasteiger partial charge in [-0.25, -0.2) is 0 Å². The molecule has 0 bridgehead atoms. The van der Waals surface area contributed by atoms with Gasteiger partial charge < -0.3 is 6.22 Å². The van der Waals surface area contributed by atoms with Crippen molar-refractivity contribution >= 4 is 9.76 Å². The first-order valence-corrected chi connectivity index (χ1v) is 3.66. The molecule has 0 aromatic carbocycles. The van der Waals surface area contributed by atoms with Crippen LogP contribution >= 0.6 is 0 Å². The van der Waals surface area contributed by atoms with Crippen molar-refractivity contribution in [3.63, 3.8) is 0 Å². The van der Waals surface area contributed by atoms with Gasteiger partial charge in [-0.15, -0.1) is 0 Å². The fourth-order valence-electron chi connectivity index (χ4n) is 0.158. The fourth-order valence-corrected chi connectivity index (χ4v) is 0.474. The molecule has 1 N–H and O–H groups in total. The van der Waals surface area contributed by atoms with Crippen LogP contribution in [0.1, 0.15) is 14.8 Å². The standard InChI is InChI=1S/C3H10OSi.K.H/c1-2-3-5-4;;/h4H,2-3,5H2,1H3;;/q;+1;-1. The molecule has 0 aromatic rings. The van der Waals surface area contributed by atoms with Gasteiger partial charge in [0.25, 0.3) is 0 Å². The van der Waals surface area contributed by atoms with E-state index in [1.165, 1.54) is 0 Å². The Bertz CT molecular complexity index is 22.4. The maximum atomic E-state index is 8.21. The Labute approximate surface area is 85.4 Å². The van der Waals surface area contributed by atoms with Crippen LogP contribution in [0.15, 0.2) is 0 Å². The quantitative estimate of drug-likeness (QED) is 0.395. The summed E-state index contributed by atoms with van der Waals surface area (Å²) in [4.78, 5) is 8.21. The second-order valence-corrected chi connectivity index (χ2v) is 2.23. The molecule has 3 heteroatoms. The zero-order valence-corrected chi connectivity index (χ0v) is 9.11. The summed E-state index contributed by atoms with van der Waals surface area (Å²) in [5, 5.41) is 0. The third-order valence-corrected chi connectivity index (χ3v) is 1.54. The van der Waals surface area contributed by atoms with Gasteiger partial charge in [0.1, 0.15) is 0 Å². The number of rotatable bonds is 2. The Kier molecular flexibility index (Phi) is 17.8.